The summed E-state index contributed by atoms with van der Waals surface area (Å²) in [6.07, 6.45) is 5.92. The number of ether oxygens (including phenoxy) is 3. The molecule has 1 N–H and O–H groups in total. The van der Waals surface area contributed by atoms with Crippen LogP contribution in [0.15, 0.2) is 12.1 Å². The summed E-state index contributed by atoms with van der Waals surface area (Å²) >= 11 is 0. The summed E-state index contributed by atoms with van der Waals surface area (Å²) in [5, 5.41) is 4.99. The molecule has 1 aromatic carbocycles. The van der Waals surface area contributed by atoms with E-state index in [1.165, 1.54) is 42.9 Å². The second-order valence-corrected chi connectivity index (χ2v) is 9.73. The Bertz CT molecular complexity index is 960. The molecule has 0 unspecified atom stereocenters. The molecule has 0 bridgehead atoms. The fraction of sp³-hybridized carbons (Fsp3) is 0.654. The number of nitrogens with zero attached hydrogens (tertiary/aromatic N) is 3. The predicted octanol–water partition coefficient (Wildman–Crippen LogP) is 3.09. The number of aryl methyl sites for hydroxylation is 1. The molecule has 2 aliphatic heterocycles. The van der Waals surface area contributed by atoms with Crippen LogP contribution >= 0.6 is 0 Å². The van der Waals surface area contributed by atoms with Crippen LogP contribution in [0, 0.1) is 0 Å². The largest absolute Gasteiger partial charge is 0.496 e. The molecule has 1 atom stereocenters. The van der Waals surface area contributed by atoms with Crippen LogP contribution in [0.3, 0.4) is 0 Å². The topological polar surface area (TPSA) is 59.1 Å². The summed E-state index contributed by atoms with van der Waals surface area (Å²) in [7, 11) is 3.91. The van der Waals surface area contributed by atoms with Crippen molar-refractivity contribution in [2.45, 2.75) is 44.8 Å². The van der Waals surface area contributed by atoms with Crippen LogP contribution < -0.4 is 10.1 Å². The number of rotatable bonds is 8. The zero-order valence-corrected chi connectivity index (χ0v) is 20.2. The van der Waals surface area contributed by atoms with Gasteiger partial charge in [0.1, 0.15) is 5.75 Å². The first kappa shape index (κ1) is 22.8. The lowest BCUT2D eigenvalue weighted by molar-refractivity contribution is 0.0979. The number of likely N-dealkylation sites (N-methyl/N-ethyl adjacent to an activating group) is 1. The van der Waals surface area contributed by atoms with Gasteiger partial charge in [-0.05, 0) is 69.9 Å². The van der Waals surface area contributed by atoms with Crippen LogP contribution in [-0.2, 0) is 28.9 Å². The van der Waals surface area contributed by atoms with Crippen LogP contribution in [-0.4, -0.2) is 87.5 Å². The number of hydrogen-bond acceptors (Lipinski definition) is 7. The van der Waals surface area contributed by atoms with Crippen LogP contribution in [0.5, 0.6) is 5.75 Å². The van der Waals surface area contributed by atoms with Gasteiger partial charge in [-0.25, -0.2) is 0 Å². The summed E-state index contributed by atoms with van der Waals surface area (Å²) in [5.74, 6) is 0.876. The molecule has 0 radical (unpaired) electrons. The molecular formula is C26H38N4O3. The molecule has 7 heteroatoms. The molecule has 3 heterocycles. The smallest absolute Gasteiger partial charge is 0.125 e. The van der Waals surface area contributed by atoms with Crippen molar-refractivity contribution in [2.75, 3.05) is 72.0 Å². The highest BCUT2D eigenvalue weighted by atomic mass is 16.5. The summed E-state index contributed by atoms with van der Waals surface area (Å²) < 4.78 is 17.7. The second kappa shape index (κ2) is 10.6. The van der Waals surface area contributed by atoms with E-state index >= 15 is 0 Å². The number of methoxy groups -OCH3 is 1. The highest BCUT2D eigenvalue weighted by Gasteiger charge is 2.24. The van der Waals surface area contributed by atoms with E-state index in [9.17, 15) is 0 Å². The number of pyridine rings is 1. The number of likely N-dealkylation sites (tertiary alicyclic amines) is 1. The molecule has 0 spiro atoms. The molecule has 2 fully saturated rings. The molecule has 33 heavy (non-hydrogen) atoms. The molecule has 7 nitrogen and oxygen atoms in total. The van der Waals surface area contributed by atoms with Crippen molar-refractivity contribution < 1.29 is 14.2 Å². The monoisotopic (exact) mass is 454 g/mol. The van der Waals surface area contributed by atoms with E-state index in [4.69, 9.17) is 19.2 Å². The molecule has 1 aromatic heterocycles. The summed E-state index contributed by atoms with van der Waals surface area (Å²) in [6, 6.07) is 4.58. The van der Waals surface area contributed by atoms with Crippen molar-refractivity contribution in [3.8, 4) is 5.75 Å². The normalized spacial score (nSPS) is 21.9. The Morgan fingerprint density at radius 1 is 1.15 bits per heavy atom. The molecular weight excluding hydrogens is 416 g/mol. The summed E-state index contributed by atoms with van der Waals surface area (Å²) in [5.41, 5.74) is 5.92. The molecule has 1 aliphatic carbocycles. The highest BCUT2D eigenvalue weighted by Crippen LogP contribution is 2.37. The van der Waals surface area contributed by atoms with Crippen molar-refractivity contribution >= 4 is 16.6 Å². The molecule has 3 aliphatic rings. The Hall–Kier alpha value is -1.93. The zero-order valence-electron chi connectivity index (χ0n) is 20.2. The maximum atomic E-state index is 6.06. The van der Waals surface area contributed by atoms with Gasteiger partial charge in [0.25, 0.3) is 0 Å². The number of aromatic nitrogens is 1. The van der Waals surface area contributed by atoms with Gasteiger partial charge in [-0.3, -0.25) is 4.98 Å². The number of nitrogens with one attached hydrogen (secondary N) is 1. The molecule has 2 saturated heterocycles. The standard InChI is InChI=1S/C26H38N4O3/c1-29-10-12-33-18-20(16-29)27-26-21-6-5-7-23(21)28-24-14-19(25(31-2)15-22(24)26)17-32-13-11-30-8-3-4-9-30/h14-15,20H,3-13,16-18H2,1-2H3,(H,27,28)/t20-/m0/s1. The fourth-order valence-corrected chi connectivity index (χ4v) is 5.44. The molecule has 0 amide bonds. The van der Waals surface area contributed by atoms with Gasteiger partial charge in [0.15, 0.2) is 0 Å². The van der Waals surface area contributed by atoms with E-state index in [-0.39, 0.29) is 6.04 Å². The van der Waals surface area contributed by atoms with Crippen molar-refractivity contribution in [1.82, 2.24) is 14.8 Å². The Balaban J connectivity index is 1.39. The van der Waals surface area contributed by atoms with Crippen molar-refractivity contribution in [3.63, 3.8) is 0 Å². The van der Waals surface area contributed by atoms with E-state index in [1.807, 2.05) is 0 Å². The molecule has 5 rings (SSSR count). The fourth-order valence-electron chi connectivity index (χ4n) is 5.44. The van der Waals surface area contributed by atoms with Gasteiger partial charge < -0.3 is 29.3 Å². The lowest BCUT2D eigenvalue weighted by Crippen LogP contribution is -2.35. The first-order valence-corrected chi connectivity index (χ1v) is 12.6. The number of anilines is 1. The van der Waals surface area contributed by atoms with Crippen LogP contribution in [0.2, 0.25) is 0 Å². The van der Waals surface area contributed by atoms with Crippen molar-refractivity contribution in [3.05, 3.63) is 29.0 Å². The molecule has 2 aromatic rings. The highest BCUT2D eigenvalue weighted by molar-refractivity contribution is 5.95. The number of benzene rings is 1. The van der Waals surface area contributed by atoms with Gasteiger partial charge in [-0.15, -0.1) is 0 Å². The van der Waals surface area contributed by atoms with E-state index in [0.29, 0.717) is 6.61 Å². The third-order valence-corrected chi connectivity index (χ3v) is 7.24. The molecule has 180 valence electrons. The maximum absolute atomic E-state index is 6.06. The summed E-state index contributed by atoms with van der Waals surface area (Å²) in [6.45, 7) is 8.18. The minimum absolute atomic E-state index is 0.257. The Morgan fingerprint density at radius 2 is 2.03 bits per heavy atom. The van der Waals surface area contributed by atoms with Gasteiger partial charge in [-0.2, -0.15) is 0 Å². The minimum Gasteiger partial charge on any atom is -0.496 e. The third kappa shape index (κ3) is 5.27. The number of fused-ring (bicyclic) bond motifs is 2. The Labute approximate surface area is 197 Å². The Morgan fingerprint density at radius 3 is 2.88 bits per heavy atom. The van der Waals surface area contributed by atoms with Gasteiger partial charge >= 0.3 is 0 Å². The zero-order chi connectivity index (χ0) is 22.6. The predicted molar refractivity (Wildman–Crippen MR) is 131 cm³/mol. The quantitative estimate of drug-likeness (QED) is 0.615. The van der Waals surface area contributed by atoms with E-state index in [0.717, 1.165) is 80.9 Å². The lowest BCUT2D eigenvalue weighted by atomic mass is 10.0. The first-order chi connectivity index (χ1) is 16.2. The average molecular weight is 455 g/mol. The maximum Gasteiger partial charge on any atom is 0.125 e. The van der Waals surface area contributed by atoms with Crippen LogP contribution in [0.4, 0.5) is 5.69 Å². The van der Waals surface area contributed by atoms with E-state index in [1.54, 1.807) is 7.11 Å². The lowest BCUT2D eigenvalue weighted by Gasteiger charge is -2.24. The second-order valence-electron chi connectivity index (χ2n) is 9.73. The van der Waals surface area contributed by atoms with Crippen LogP contribution in [0.25, 0.3) is 10.9 Å². The summed E-state index contributed by atoms with van der Waals surface area (Å²) in [4.78, 5) is 9.89. The van der Waals surface area contributed by atoms with Gasteiger partial charge in [0.05, 0.1) is 45.1 Å². The average Bonchev–Trinajstić information content (AvgIpc) is 3.46. The van der Waals surface area contributed by atoms with Gasteiger partial charge in [-0.1, -0.05) is 0 Å². The Kier molecular flexibility index (Phi) is 7.30. The van der Waals surface area contributed by atoms with E-state index < -0.39 is 0 Å². The van der Waals surface area contributed by atoms with Crippen molar-refractivity contribution in [1.29, 1.82) is 0 Å². The SMILES string of the molecule is COc1cc2c(N[C@@H]3COCCN(C)C3)c3c(nc2cc1COCCN1CCCC1)CCC3. The van der Waals surface area contributed by atoms with Crippen LogP contribution in [0.1, 0.15) is 36.1 Å². The van der Waals surface area contributed by atoms with Gasteiger partial charge in [0.2, 0.25) is 0 Å². The minimum atomic E-state index is 0.257. The van der Waals surface area contributed by atoms with Crippen molar-refractivity contribution in [2.24, 2.45) is 0 Å². The number of hydrogen-bond donors (Lipinski definition) is 1. The molecule has 0 saturated carbocycles. The third-order valence-electron chi connectivity index (χ3n) is 7.24. The van der Waals surface area contributed by atoms with Gasteiger partial charge in [0, 0.05) is 42.0 Å². The van der Waals surface area contributed by atoms with E-state index in [2.05, 4.69) is 34.3 Å². The first-order valence-electron chi connectivity index (χ1n) is 12.6.